The second kappa shape index (κ2) is 8.56. The maximum atomic E-state index is 12.8. The smallest absolute Gasteiger partial charge is 0.344 e. The van der Waals surface area contributed by atoms with Crippen LogP contribution in [-0.2, 0) is 16.0 Å². The molecule has 0 radical (unpaired) electrons. The summed E-state index contributed by atoms with van der Waals surface area (Å²) >= 11 is 0. The first-order chi connectivity index (χ1) is 13.4. The van der Waals surface area contributed by atoms with Gasteiger partial charge in [0.1, 0.15) is 16.9 Å². The molecule has 1 atom stereocenters. The van der Waals surface area contributed by atoms with Gasteiger partial charge >= 0.3 is 5.97 Å². The SMILES string of the molecule is CCC(C)OC(=O)c1c(N)n(CCCOC(C)C)c2nc3ccccc3nc12. The van der Waals surface area contributed by atoms with E-state index < -0.39 is 5.97 Å². The maximum absolute atomic E-state index is 12.8. The Morgan fingerprint density at radius 3 is 2.50 bits per heavy atom. The molecule has 0 aliphatic carbocycles. The van der Waals surface area contributed by atoms with Gasteiger partial charge in [-0.15, -0.1) is 0 Å². The summed E-state index contributed by atoms with van der Waals surface area (Å²) in [6.45, 7) is 9.01. The van der Waals surface area contributed by atoms with Crippen molar-refractivity contribution < 1.29 is 14.3 Å². The van der Waals surface area contributed by atoms with Gasteiger partial charge in [0.05, 0.1) is 23.2 Å². The lowest BCUT2D eigenvalue weighted by atomic mass is 10.2. The van der Waals surface area contributed by atoms with Crippen molar-refractivity contribution >= 4 is 34.0 Å². The van der Waals surface area contributed by atoms with E-state index in [2.05, 4.69) is 4.98 Å². The number of hydrogen-bond donors (Lipinski definition) is 1. The largest absolute Gasteiger partial charge is 0.459 e. The highest BCUT2D eigenvalue weighted by molar-refractivity contribution is 6.08. The minimum absolute atomic E-state index is 0.170. The molecule has 0 saturated carbocycles. The minimum atomic E-state index is -0.460. The van der Waals surface area contributed by atoms with Crippen molar-refractivity contribution in [3.8, 4) is 0 Å². The van der Waals surface area contributed by atoms with Crippen LogP contribution in [0.1, 0.15) is 50.9 Å². The fraction of sp³-hybridized carbons (Fsp3) is 0.476. The molecule has 0 bridgehead atoms. The number of aryl methyl sites for hydroxylation is 1. The number of carbonyl (C=O) groups is 1. The Balaban J connectivity index is 2.06. The Labute approximate surface area is 164 Å². The van der Waals surface area contributed by atoms with Crippen LogP contribution in [0.15, 0.2) is 24.3 Å². The van der Waals surface area contributed by atoms with E-state index in [1.807, 2.05) is 56.5 Å². The molecule has 150 valence electrons. The lowest BCUT2D eigenvalue weighted by molar-refractivity contribution is 0.0338. The Hall–Kier alpha value is -2.67. The lowest BCUT2D eigenvalue weighted by Gasteiger charge is -2.11. The number of fused-ring (bicyclic) bond motifs is 2. The highest BCUT2D eigenvalue weighted by Gasteiger charge is 2.25. The van der Waals surface area contributed by atoms with Crippen molar-refractivity contribution in [1.82, 2.24) is 14.5 Å². The molecule has 1 aromatic carbocycles. The van der Waals surface area contributed by atoms with Crippen molar-refractivity contribution in [2.45, 2.75) is 59.3 Å². The monoisotopic (exact) mass is 384 g/mol. The number of rotatable bonds is 8. The van der Waals surface area contributed by atoms with Gasteiger partial charge in [-0.25, -0.2) is 14.8 Å². The summed E-state index contributed by atoms with van der Waals surface area (Å²) in [5, 5.41) is 0. The van der Waals surface area contributed by atoms with E-state index in [4.69, 9.17) is 20.2 Å². The van der Waals surface area contributed by atoms with Crippen LogP contribution in [0.3, 0.4) is 0 Å². The normalized spacial score (nSPS) is 12.8. The number of benzene rings is 1. The molecular formula is C21H28N4O3. The third-order valence-electron chi connectivity index (χ3n) is 4.66. The van der Waals surface area contributed by atoms with E-state index in [0.717, 1.165) is 18.4 Å². The second-order valence-electron chi connectivity index (χ2n) is 7.19. The molecule has 0 aliphatic rings. The number of esters is 1. The number of nitrogens with zero attached hydrogens (tertiary/aromatic N) is 3. The summed E-state index contributed by atoms with van der Waals surface area (Å²) in [6, 6.07) is 7.57. The summed E-state index contributed by atoms with van der Waals surface area (Å²) < 4.78 is 13.0. The molecule has 0 spiro atoms. The average Bonchev–Trinajstić information content (AvgIpc) is 2.93. The van der Waals surface area contributed by atoms with Gasteiger partial charge in [-0.2, -0.15) is 0 Å². The van der Waals surface area contributed by atoms with Gasteiger partial charge in [0, 0.05) is 13.2 Å². The van der Waals surface area contributed by atoms with Gasteiger partial charge in [0.15, 0.2) is 5.65 Å². The van der Waals surface area contributed by atoms with Gasteiger partial charge in [-0.3, -0.25) is 0 Å². The predicted molar refractivity (Wildman–Crippen MR) is 110 cm³/mol. The Kier molecular flexibility index (Phi) is 6.14. The molecule has 7 heteroatoms. The van der Waals surface area contributed by atoms with Crippen LogP contribution in [-0.4, -0.2) is 39.3 Å². The predicted octanol–water partition coefficient (Wildman–Crippen LogP) is 3.94. The van der Waals surface area contributed by atoms with Crippen LogP contribution in [0.25, 0.3) is 22.2 Å². The zero-order chi connectivity index (χ0) is 20.3. The molecule has 0 aliphatic heterocycles. The zero-order valence-electron chi connectivity index (χ0n) is 16.9. The number of hydrogen-bond acceptors (Lipinski definition) is 6. The van der Waals surface area contributed by atoms with Crippen LogP contribution in [0, 0.1) is 0 Å². The van der Waals surface area contributed by atoms with Gasteiger partial charge < -0.3 is 19.8 Å². The highest BCUT2D eigenvalue weighted by atomic mass is 16.5. The molecule has 0 fully saturated rings. The number of para-hydroxylation sites is 2. The molecule has 2 heterocycles. The summed E-state index contributed by atoms with van der Waals surface area (Å²) in [6.07, 6.45) is 1.45. The van der Waals surface area contributed by atoms with E-state index in [1.54, 1.807) is 0 Å². The van der Waals surface area contributed by atoms with E-state index in [1.165, 1.54) is 0 Å². The summed E-state index contributed by atoms with van der Waals surface area (Å²) in [7, 11) is 0. The first kappa shape index (κ1) is 20.1. The number of aromatic nitrogens is 3. The summed E-state index contributed by atoms with van der Waals surface area (Å²) in [5.74, 6) is -0.123. The maximum Gasteiger partial charge on any atom is 0.344 e. The zero-order valence-corrected chi connectivity index (χ0v) is 16.9. The molecule has 2 aromatic heterocycles. The van der Waals surface area contributed by atoms with E-state index >= 15 is 0 Å². The lowest BCUT2D eigenvalue weighted by Crippen LogP contribution is -2.16. The van der Waals surface area contributed by atoms with Crippen molar-refractivity contribution in [1.29, 1.82) is 0 Å². The molecule has 7 nitrogen and oxygen atoms in total. The van der Waals surface area contributed by atoms with Crippen LogP contribution in [0.4, 0.5) is 5.82 Å². The second-order valence-corrected chi connectivity index (χ2v) is 7.19. The number of nitrogens with two attached hydrogens (primary N) is 1. The molecule has 3 rings (SSSR count). The molecular weight excluding hydrogens is 356 g/mol. The van der Waals surface area contributed by atoms with Gasteiger partial charge in [0.25, 0.3) is 0 Å². The van der Waals surface area contributed by atoms with Crippen molar-refractivity contribution in [2.24, 2.45) is 0 Å². The standard InChI is InChI=1S/C21H28N4O3/c1-5-14(4)28-21(26)17-18-20(24-16-10-7-6-9-15(16)23-18)25(19(17)22)11-8-12-27-13(2)3/h6-7,9-10,13-14H,5,8,11-12,22H2,1-4H3. The first-order valence-electron chi connectivity index (χ1n) is 9.79. The Bertz CT molecular complexity index is 981. The third kappa shape index (κ3) is 4.09. The van der Waals surface area contributed by atoms with Gasteiger partial charge in [0.2, 0.25) is 0 Å². The number of nitrogen functional groups attached to an aromatic ring is 1. The van der Waals surface area contributed by atoms with E-state index in [0.29, 0.717) is 41.2 Å². The fourth-order valence-electron chi connectivity index (χ4n) is 3.01. The fourth-order valence-corrected chi connectivity index (χ4v) is 3.01. The molecule has 1 unspecified atom stereocenters. The number of ether oxygens (including phenoxy) is 2. The van der Waals surface area contributed by atoms with Crippen molar-refractivity contribution in [2.75, 3.05) is 12.3 Å². The molecule has 3 aromatic rings. The van der Waals surface area contributed by atoms with Crippen molar-refractivity contribution in [3.63, 3.8) is 0 Å². The van der Waals surface area contributed by atoms with Crippen LogP contribution >= 0.6 is 0 Å². The van der Waals surface area contributed by atoms with Gasteiger partial charge in [-0.1, -0.05) is 19.1 Å². The highest BCUT2D eigenvalue weighted by Crippen LogP contribution is 2.29. The Morgan fingerprint density at radius 1 is 1.18 bits per heavy atom. The number of anilines is 1. The van der Waals surface area contributed by atoms with Gasteiger partial charge in [-0.05, 0) is 45.7 Å². The molecule has 28 heavy (non-hydrogen) atoms. The quantitative estimate of drug-likeness (QED) is 0.467. The molecule has 0 saturated heterocycles. The van der Waals surface area contributed by atoms with E-state index in [-0.39, 0.29) is 12.2 Å². The van der Waals surface area contributed by atoms with Crippen LogP contribution in [0.5, 0.6) is 0 Å². The van der Waals surface area contributed by atoms with Crippen LogP contribution < -0.4 is 5.73 Å². The van der Waals surface area contributed by atoms with E-state index in [9.17, 15) is 4.79 Å². The van der Waals surface area contributed by atoms with Crippen molar-refractivity contribution in [3.05, 3.63) is 29.8 Å². The summed E-state index contributed by atoms with van der Waals surface area (Å²) in [4.78, 5) is 22.2. The third-order valence-corrected chi connectivity index (χ3v) is 4.66. The molecule has 0 amide bonds. The summed E-state index contributed by atoms with van der Waals surface area (Å²) in [5.41, 5.74) is 9.22. The topological polar surface area (TPSA) is 92.3 Å². The molecule has 2 N–H and O–H groups in total. The first-order valence-corrected chi connectivity index (χ1v) is 9.79. The average molecular weight is 384 g/mol. The van der Waals surface area contributed by atoms with Crippen LogP contribution in [0.2, 0.25) is 0 Å². The number of carbonyl (C=O) groups excluding carboxylic acids is 1. The Morgan fingerprint density at radius 2 is 1.86 bits per heavy atom. The minimum Gasteiger partial charge on any atom is -0.459 e.